The van der Waals surface area contributed by atoms with Crippen LogP contribution in [0.2, 0.25) is 0 Å². The minimum Gasteiger partial charge on any atom is -0.493 e. The lowest BCUT2D eigenvalue weighted by molar-refractivity contribution is -0.145. The Hall–Kier alpha value is -3.10. The van der Waals surface area contributed by atoms with Gasteiger partial charge in [0.05, 0.1) is 14.2 Å². The second-order valence-electron chi connectivity index (χ2n) is 6.70. The Bertz CT molecular complexity index is 792. The Morgan fingerprint density at radius 1 is 1.07 bits per heavy atom. The maximum absolute atomic E-state index is 12.4. The molecule has 0 aliphatic carbocycles. The van der Waals surface area contributed by atoms with E-state index in [-0.39, 0.29) is 0 Å². The van der Waals surface area contributed by atoms with E-state index in [1.165, 1.54) is 4.90 Å². The fourth-order valence-electron chi connectivity index (χ4n) is 2.83. The fourth-order valence-corrected chi connectivity index (χ4v) is 2.83. The molecule has 5 amide bonds. The minimum absolute atomic E-state index is 0.367. The number of carbonyl (C=O) groups is 4. The van der Waals surface area contributed by atoms with Crippen LogP contribution in [0, 0.1) is 0 Å². The van der Waals surface area contributed by atoms with Crippen LogP contribution in [-0.4, -0.2) is 78.9 Å². The van der Waals surface area contributed by atoms with Crippen molar-refractivity contribution in [3.8, 4) is 11.5 Å². The number of likely N-dealkylation sites (N-methyl/N-ethyl adjacent to an activating group) is 1. The van der Waals surface area contributed by atoms with Crippen molar-refractivity contribution < 1.29 is 28.7 Å². The smallest absolute Gasteiger partial charge is 0.334 e. The largest absolute Gasteiger partial charge is 0.493 e. The standard InChI is InChI=1S/C19H25N3O6/c1-12(2)22-18(25)17(24)21(19(22)26)11-16(23)20(3)9-8-13-6-7-14(27-4)15(10-13)28-5/h6-7,10,12H,8-9,11H2,1-5H3. The number of rotatable bonds is 8. The Kier molecular flexibility index (Phi) is 6.61. The molecular formula is C19H25N3O6. The molecule has 152 valence electrons. The van der Waals surface area contributed by atoms with Crippen LogP contribution >= 0.6 is 0 Å². The van der Waals surface area contributed by atoms with Crippen molar-refractivity contribution in [3.63, 3.8) is 0 Å². The molecule has 1 aromatic carbocycles. The summed E-state index contributed by atoms with van der Waals surface area (Å²) in [6, 6.07) is 4.26. The van der Waals surface area contributed by atoms with Crippen molar-refractivity contribution in [1.29, 1.82) is 0 Å². The van der Waals surface area contributed by atoms with Crippen molar-refractivity contribution in [1.82, 2.24) is 14.7 Å². The number of nitrogens with zero attached hydrogens (tertiary/aromatic N) is 3. The van der Waals surface area contributed by atoms with Crippen LogP contribution in [0.15, 0.2) is 18.2 Å². The molecule has 0 aromatic heterocycles. The second kappa shape index (κ2) is 8.73. The molecule has 28 heavy (non-hydrogen) atoms. The normalized spacial score (nSPS) is 14.1. The highest BCUT2D eigenvalue weighted by Gasteiger charge is 2.46. The summed E-state index contributed by atoms with van der Waals surface area (Å²) in [5.41, 5.74) is 0.937. The number of methoxy groups -OCH3 is 2. The highest BCUT2D eigenvalue weighted by molar-refractivity contribution is 6.45. The maximum atomic E-state index is 12.4. The van der Waals surface area contributed by atoms with E-state index in [1.54, 1.807) is 41.2 Å². The molecule has 0 spiro atoms. The van der Waals surface area contributed by atoms with Gasteiger partial charge in [0.25, 0.3) is 0 Å². The molecule has 0 N–H and O–H groups in total. The third-order valence-corrected chi connectivity index (χ3v) is 4.50. The minimum atomic E-state index is -0.972. The van der Waals surface area contributed by atoms with Crippen molar-refractivity contribution >= 4 is 23.8 Å². The van der Waals surface area contributed by atoms with Crippen LogP contribution in [-0.2, 0) is 20.8 Å². The van der Waals surface area contributed by atoms with Crippen LogP contribution < -0.4 is 9.47 Å². The lowest BCUT2D eigenvalue weighted by Gasteiger charge is -2.21. The Labute approximate surface area is 163 Å². The van der Waals surface area contributed by atoms with Crippen LogP contribution in [0.25, 0.3) is 0 Å². The van der Waals surface area contributed by atoms with Crippen LogP contribution in [0.4, 0.5) is 4.79 Å². The van der Waals surface area contributed by atoms with E-state index in [0.29, 0.717) is 29.4 Å². The summed E-state index contributed by atoms with van der Waals surface area (Å²) >= 11 is 0. The summed E-state index contributed by atoms with van der Waals surface area (Å²) in [6.45, 7) is 3.16. The summed E-state index contributed by atoms with van der Waals surface area (Å²) in [5, 5.41) is 0. The van der Waals surface area contributed by atoms with Crippen molar-refractivity contribution in [2.75, 3.05) is 34.4 Å². The zero-order valence-corrected chi connectivity index (χ0v) is 16.7. The van der Waals surface area contributed by atoms with Gasteiger partial charge in [-0.05, 0) is 38.0 Å². The van der Waals surface area contributed by atoms with E-state index >= 15 is 0 Å². The van der Waals surface area contributed by atoms with Crippen LogP contribution in [0.1, 0.15) is 19.4 Å². The average molecular weight is 391 g/mol. The molecule has 9 nitrogen and oxygen atoms in total. The number of imide groups is 2. The molecule has 2 rings (SSSR count). The van der Waals surface area contributed by atoms with Gasteiger partial charge in [-0.15, -0.1) is 0 Å². The molecule has 9 heteroatoms. The van der Waals surface area contributed by atoms with Crippen LogP contribution in [0.3, 0.4) is 0 Å². The number of benzene rings is 1. The third kappa shape index (κ3) is 4.24. The highest BCUT2D eigenvalue weighted by Crippen LogP contribution is 2.27. The predicted molar refractivity (Wildman–Crippen MR) is 100.0 cm³/mol. The molecule has 1 aliphatic rings. The lowest BCUT2D eigenvalue weighted by Crippen LogP contribution is -2.43. The van der Waals surface area contributed by atoms with Gasteiger partial charge in [0.2, 0.25) is 5.91 Å². The van der Waals surface area contributed by atoms with Gasteiger partial charge >= 0.3 is 17.8 Å². The van der Waals surface area contributed by atoms with E-state index in [1.807, 2.05) is 12.1 Å². The van der Waals surface area contributed by atoms with Gasteiger partial charge in [-0.3, -0.25) is 19.3 Å². The Morgan fingerprint density at radius 3 is 2.25 bits per heavy atom. The maximum Gasteiger partial charge on any atom is 0.334 e. The van der Waals surface area contributed by atoms with E-state index in [0.717, 1.165) is 10.5 Å². The van der Waals surface area contributed by atoms with Crippen LogP contribution in [0.5, 0.6) is 11.5 Å². The first kappa shape index (κ1) is 21.2. The molecule has 0 bridgehead atoms. The predicted octanol–water partition coefficient (Wildman–Crippen LogP) is 0.904. The molecule has 0 unspecified atom stereocenters. The number of urea groups is 1. The van der Waals surface area contributed by atoms with Gasteiger partial charge in [0.15, 0.2) is 11.5 Å². The number of amides is 5. The van der Waals surface area contributed by atoms with E-state index in [4.69, 9.17) is 9.47 Å². The SMILES string of the molecule is COc1ccc(CCN(C)C(=O)CN2C(=O)C(=O)N(C(C)C)C2=O)cc1OC. The molecule has 1 saturated heterocycles. The second-order valence-corrected chi connectivity index (χ2v) is 6.70. The zero-order chi connectivity index (χ0) is 21.0. The van der Waals surface area contributed by atoms with Gasteiger partial charge < -0.3 is 14.4 Å². The monoisotopic (exact) mass is 391 g/mol. The first-order chi connectivity index (χ1) is 13.2. The van der Waals surface area contributed by atoms with Crippen molar-refractivity contribution in [2.45, 2.75) is 26.3 Å². The Balaban J connectivity index is 1.97. The Morgan fingerprint density at radius 2 is 1.71 bits per heavy atom. The first-order valence-electron chi connectivity index (χ1n) is 8.85. The summed E-state index contributed by atoms with van der Waals surface area (Å²) < 4.78 is 10.5. The van der Waals surface area contributed by atoms with E-state index < -0.39 is 36.3 Å². The number of hydrogen-bond donors (Lipinski definition) is 0. The molecule has 1 heterocycles. The molecular weight excluding hydrogens is 366 g/mol. The summed E-state index contributed by atoms with van der Waals surface area (Å²) in [5.74, 6) is -1.10. The van der Waals surface area contributed by atoms with Gasteiger partial charge in [-0.1, -0.05) is 6.07 Å². The quantitative estimate of drug-likeness (QED) is 0.483. The highest BCUT2D eigenvalue weighted by atomic mass is 16.5. The first-order valence-corrected chi connectivity index (χ1v) is 8.85. The van der Waals surface area contributed by atoms with Gasteiger partial charge in [-0.25, -0.2) is 9.69 Å². The third-order valence-electron chi connectivity index (χ3n) is 4.50. The van der Waals surface area contributed by atoms with Gasteiger partial charge in [0, 0.05) is 19.6 Å². The summed E-state index contributed by atoms with van der Waals surface area (Å²) in [6.07, 6.45) is 0.543. The number of hydrogen-bond acceptors (Lipinski definition) is 6. The molecule has 1 aromatic rings. The van der Waals surface area contributed by atoms with Crippen molar-refractivity contribution in [3.05, 3.63) is 23.8 Å². The fraction of sp³-hybridized carbons (Fsp3) is 0.474. The molecule has 0 saturated carbocycles. The number of carbonyl (C=O) groups excluding carboxylic acids is 4. The van der Waals surface area contributed by atoms with Gasteiger partial charge in [0.1, 0.15) is 6.54 Å². The topological polar surface area (TPSA) is 96.5 Å². The van der Waals surface area contributed by atoms with E-state index in [9.17, 15) is 19.2 Å². The molecule has 1 fully saturated rings. The summed E-state index contributed by atoms with van der Waals surface area (Å²) in [7, 11) is 4.68. The van der Waals surface area contributed by atoms with Crippen molar-refractivity contribution in [2.24, 2.45) is 0 Å². The zero-order valence-electron chi connectivity index (χ0n) is 16.7. The van der Waals surface area contributed by atoms with Gasteiger partial charge in [-0.2, -0.15) is 0 Å². The van der Waals surface area contributed by atoms with E-state index in [2.05, 4.69) is 0 Å². The molecule has 1 aliphatic heterocycles. The summed E-state index contributed by atoms with van der Waals surface area (Å²) in [4.78, 5) is 51.6. The molecule has 0 atom stereocenters. The number of ether oxygens (including phenoxy) is 2. The average Bonchev–Trinajstić information content (AvgIpc) is 2.88. The molecule has 0 radical (unpaired) electrons. The lowest BCUT2D eigenvalue weighted by atomic mass is 10.1.